The summed E-state index contributed by atoms with van der Waals surface area (Å²) in [5.41, 5.74) is 1.30. The van der Waals surface area contributed by atoms with Crippen LogP contribution in [0.15, 0.2) is 18.3 Å². The molecule has 0 spiro atoms. The third kappa shape index (κ3) is 5.62. The molecule has 3 rings (SSSR count). The number of pyridine rings is 1. The number of nitrogens with zero attached hydrogens (tertiary/aromatic N) is 2. The van der Waals surface area contributed by atoms with Crippen LogP contribution in [0, 0.1) is 0 Å². The van der Waals surface area contributed by atoms with Gasteiger partial charge in [-0.25, -0.2) is 9.78 Å². The zero-order chi connectivity index (χ0) is 21.5. The van der Waals surface area contributed by atoms with E-state index in [0.29, 0.717) is 30.2 Å². The van der Waals surface area contributed by atoms with Crippen molar-refractivity contribution in [3.8, 4) is 11.6 Å². The zero-order valence-electron chi connectivity index (χ0n) is 17.1. The molecule has 0 saturated heterocycles. The number of hydrogen-bond acceptors (Lipinski definition) is 7. The average Bonchev–Trinajstić information content (AvgIpc) is 3.37. The SMILES string of the molecule is CCCNC(=O)OC1CCC(c2cc(NC(=O)Cc3cc(OC)ncc3O)n[nH]2)C1. The van der Waals surface area contributed by atoms with Crippen LogP contribution in [-0.2, 0) is 16.0 Å². The van der Waals surface area contributed by atoms with Gasteiger partial charge < -0.3 is 25.2 Å². The molecule has 1 saturated carbocycles. The van der Waals surface area contributed by atoms with Gasteiger partial charge in [-0.15, -0.1) is 0 Å². The van der Waals surface area contributed by atoms with E-state index in [9.17, 15) is 14.7 Å². The van der Waals surface area contributed by atoms with E-state index in [1.165, 1.54) is 19.4 Å². The van der Waals surface area contributed by atoms with Crippen LogP contribution in [0.2, 0.25) is 0 Å². The van der Waals surface area contributed by atoms with Gasteiger partial charge in [-0.1, -0.05) is 6.92 Å². The molecule has 0 radical (unpaired) electrons. The van der Waals surface area contributed by atoms with Gasteiger partial charge >= 0.3 is 6.09 Å². The Labute approximate surface area is 174 Å². The largest absolute Gasteiger partial charge is 0.506 e. The van der Waals surface area contributed by atoms with Gasteiger partial charge in [-0.3, -0.25) is 9.89 Å². The molecule has 0 bridgehead atoms. The highest BCUT2D eigenvalue weighted by Gasteiger charge is 2.30. The van der Waals surface area contributed by atoms with E-state index >= 15 is 0 Å². The molecule has 0 aromatic carbocycles. The lowest BCUT2D eigenvalue weighted by Crippen LogP contribution is -2.28. The molecule has 162 valence electrons. The third-order valence-electron chi connectivity index (χ3n) is 4.98. The lowest BCUT2D eigenvalue weighted by atomic mass is 10.0. The summed E-state index contributed by atoms with van der Waals surface area (Å²) in [5, 5.41) is 22.4. The molecule has 30 heavy (non-hydrogen) atoms. The molecule has 10 nitrogen and oxygen atoms in total. The fourth-order valence-electron chi connectivity index (χ4n) is 3.44. The van der Waals surface area contributed by atoms with Crippen LogP contribution >= 0.6 is 0 Å². The minimum atomic E-state index is -0.379. The van der Waals surface area contributed by atoms with Gasteiger partial charge in [-0.05, 0) is 25.7 Å². The normalized spacial score (nSPS) is 18.1. The standard InChI is InChI=1S/C20H27N5O5/c1-3-6-21-20(28)30-14-5-4-12(7-14)15-10-17(25-24-15)23-18(27)8-13-9-19(29-2)22-11-16(13)26/h9-12,14,26H,3-8H2,1-2H3,(H,21,28)(H2,23,24,25,27). The van der Waals surface area contributed by atoms with Gasteiger partial charge in [0.05, 0.1) is 19.7 Å². The van der Waals surface area contributed by atoms with Crippen molar-refractivity contribution in [1.29, 1.82) is 0 Å². The molecule has 1 aliphatic carbocycles. The lowest BCUT2D eigenvalue weighted by molar-refractivity contribution is -0.115. The summed E-state index contributed by atoms with van der Waals surface area (Å²) < 4.78 is 10.5. The molecule has 2 aromatic heterocycles. The first-order valence-electron chi connectivity index (χ1n) is 10.00. The molecule has 2 amide bonds. The quantitative estimate of drug-likeness (QED) is 0.517. The van der Waals surface area contributed by atoms with Gasteiger partial charge in [0.15, 0.2) is 5.82 Å². The molecule has 0 aliphatic heterocycles. The van der Waals surface area contributed by atoms with Crippen LogP contribution < -0.4 is 15.4 Å². The first-order valence-corrected chi connectivity index (χ1v) is 10.00. The van der Waals surface area contributed by atoms with Crippen LogP contribution in [-0.4, -0.2) is 52.0 Å². The Balaban J connectivity index is 1.52. The number of aromatic hydroxyl groups is 1. The van der Waals surface area contributed by atoms with Gasteiger partial charge in [0, 0.05) is 35.9 Å². The molecule has 10 heteroatoms. The second-order valence-electron chi connectivity index (χ2n) is 7.25. The number of hydrogen-bond donors (Lipinski definition) is 4. The number of carbonyl (C=O) groups excluding carboxylic acids is 2. The Hall–Kier alpha value is -3.30. The van der Waals surface area contributed by atoms with Crippen molar-refractivity contribution in [1.82, 2.24) is 20.5 Å². The number of aromatic nitrogens is 3. The Morgan fingerprint density at radius 1 is 1.33 bits per heavy atom. The summed E-state index contributed by atoms with van der Waals surface area (Å²) in [4.78, 5) is 27.9. The van der Waals surface area contributed by atoms with Crippen molar-refractivity contribution < 1.29 is 24.2 Å². The highest BCUT2D eigenvalue weighted by Crippen LogP contribution is 2.35. The van der Waals surface area contributed by atoms with Crippen LogP contribution in [0.4, 0.5) is 10.6 Å². The molecule has 1 fully saturated rings. The first-order chi connectivity index (χ1) is 14.5. The maximum Gasteiger partial charge on any atom is 0.407 e. The number of amides is 2. The van der Waals surface area contributed by atoms with Gasteiger partial charge in [0.2, 0.25) is 11.8 Å². The molecule has 1 aliphatic rings. The Kier molecular flexibility index (Phi) is 7.10. The lowest BCUT2D eigenvalue weighted by Gasteiger charge is -2.12. The number of H-pyrrole nitrogens is 1. The van der Waals surface area contributed by atoms with Crippen LogP contribution in [0.25, 0.3) is 0 Å². The second kappa shape index (κ2) is 9.95. The second-order valence-corrected chi connectivity index (χ2v) is 7.25. The molecule has 2 unspecified atom stereocenters. The van der Waals surface area contributed by atoms with Crippen molar-refractivity contribution in [2.45, 2.75) is 51.0 Å². The third-order valence-corrected chi connectivity index (χ3v) is 4.98. The Bertz CT molecular complexity index is 884. The zero-order valence-corrected chi connectivity index (χ0v) is 17.1. The van der Waals surface area contributed by atoms with Crippen molar-refractivity contribution in [3.05, 3.63) is 29.6 Å². The number of anilines is 1. The number of alkyl carbamates (subject to hydrolysis) is 1. The topological polar surface area (TPSA) is 138 Å². The maximum absolute atomic E-state index is 12.3. The molecule has 2 heterocycles. The van der Waals surface area contributed by atoms with Crippen molar-refractivity contribution in [3.63, 3.8) is 0 Å². The summed E-state index contributed by atoms with van der Waals surface area (Å²) in [5.74, 6) is 0.505. The average molecular weight is 417 g/mol. The number of ether oxygens (including phenoxy) is 2. The number of nitrogens with one attached hydrogen (secondary N) is 3. The molecular formula is C20H27N5O5. The summed E-state index contributed by atoms with van der Waals surface area (Å²) in [7, 11) is 1.46. The van der Waals surface area contributed by atoms with E-state index in [1.807, 2.05) is 6.92 Å². The van der Waals surface area contributed by atoms with Crippen LogP contribution in [0.5, 0.6) is 11.6 Å². The van der Waals surface area contributed by atoms with E-state index in [4.69, 9.17) is 9.47 Å². The molecule has 2 aromatic rings. The van der Waals surface area contributed by atoms with E-state index in [1.54, 1.807) is 6.07 Å². The molecular weight excluding hydrogens is 390 g/mol. The van der Waals surface area contributed by atoms with Crippen LogP contribution in [0.3, 0.4) is 0 Å². The fourth-order valence-corrected chi connectivity index (χ4v) is 3.44. The van der Waals surface area contributed by atoms with E-state index in [-0.39, 0.29) is 36.2 Å². The Morgan fingerprint density at radius 3 is 2.93 bits per heavy atom. The fraction of sp³-hybridized carbons (Fsp3) is 0.500. The first kappa shape index (κ1) is 21.4. The monoisotopic (exact) mass is 417 g/mol. The smallest absolute Gasteiger partial charge is 0.407 e. The molecule has 4 N–H and O–H groups in total. The van der Waals surface area contributed by atoms with E-state index in [2.05, 4.69) is 25.8 Å². The predicted molar refractivity (Wildman–Crippen MR) is 109 cm³/mol. The predicted octanol–water partition coefficient (Wildman–Crippen LogP) is 2.47. The van der Waals surface area contributed by atoms with Crippen molar-refractivity contribution in [2.75, 3.05) is 19.0 Å². The number of rotatable bonds is 8. The number of carbonyl (C=O) groups is 2. The van der Waals surface area contributed by atoms with Gasteiger partial charge in [0.1, 0.15) is 11.9 Å². The number of aromatic amines is 1. The van der Waals surface area contributed by atoms with Gasteiger partial charge in [0.25, 0.3) is 0 Å². The minimum absolute atomic E-state index is 0.0425. The van der Waals surface area contributed by atoms with Crippen LogP contribution in [0.1, 0.15) is 49.8 Å². The van der Waals surface area contributed by atoms with Gasteiger partial charge in [-0.2, -0.15) is 5.10 Å². The highest BCUT2D eigenvalue weighted by atomic mass is 16.6. The summed E-state index contributed by atoms with van der Waals surface area (Å²) in [6.07, 6.45) is 3.92. The summed E-state index contributed by atoms with van der Waals surface area (Å²) in [6, 6.07) is 3.30. The van der Waals surface area contributed by atoms with Crippen molar-refractivity contribution in [2.24, 2.45) is 0 Å². The highest BCUT2D eigenvalue weighted by molar-refractivity contribution is 5.91. The minimum Gasteiger partial charge on any atom is -0.506 e. The summed E-state index contributed by atoms with van der Waals surface area (Å²) in [6.45, 7) is 2.58. The maximum atomic E-state index is 12.3. The molecule has 2 atom stereocenters. The summed E-state index contributed by atoms with van der Waals surface area (Å²) >= 11 is 0. The Morgan fingerprint density at radius 2 is 2.17 bits per heavy atom. The van der Waals surface area contributed by atoms with E-state index in [0.717, 1.165) is 25.0 Å². The van der Waals surface area contributed by atoms with Crippen molar-refractivity contribution >= 4 is 17.8 Å². The van der Waals surface area contributed by atoms with E-state index < -0.39 is 0 Å². The number of methoxy groups -OCH3 is 1.